The number of hydrogen-bond acceptors (Lipinski definition) is 6. The summed E-state index contributed by atoms with van der Waals surface area (Å²) in [5, 5.41) is 10.4. The fourth-order valence-corrected chi connectivity index (χ4v) is 4.62. The van der Waals surface area contributed by atoms with Gasteiger partial charge in [0.15, 0.2) is 0 Å². The summed E-state index contributed by atoms with van der Waals surface area (Å²) in [6.45, 7) is 12.0. The number of likely N-dealkylation sites (tertiary alicyclic amines) is 1. The maximum Gasteiger partial charge on any atom is 0.138 e. The predicted molar refractivity (Wildman–Crippen MR) is 131 cm³/mol. The molecule has 1 N–H and O–H groups in total. The number of piperidine rings is 1. The third-order valence-corrected chi connectivity index (χ3v) is 6.56. The van der Waals surface area contributed by atoms with Crippen molar-refractivity contribution in [3.05, 3.63) is 60.0 Å². The first-order valence-corrected chi connectivity index (χ1v) is 11.3. The van der Waals surface area contributed by atoms with Crippen molar-refractivity contribution in [1.82, 2.24) is 29.2 Å². The molecule has 0 amide bonds. The van der Waals surface area contributed by atoms with Crippen molar-refractivity contribution in [2.75, 3.05) is 41.3 Å². The van der Waals surface area contributed by atoms with Crippen molar-refractivity contribution < 1.29 is 5.11 Å². The lowest BCUT2D eigenvalue weighted by atomic mass is 9.90. The van der Waals surface area contributed by atoms with E-state index in [1.54, 1.807) is 6.08 Å². The van der Waals surface area contributed by atoms with Crippen LogP contribution in [0.1, 0.15) is 59.8 Å². The minimum atomic E-state index is -0.103. The Bertz CT molecular complexity index is 950. The summed E-state index contributed by atoms with van der Waals surface area (Å²) < 4.78 is 1.96. The average Bonchev–Trinajstić information content (AvgIpc) is 3.16. The smallest absolute Gasteiger partial charge is 0.138 e. The van der Waals surface area contributed by atoms with Gasteiger partial charge in [-0.15, -0.1) is 0 Å². The molecule has 0 radical (unpaired) electrons. The number of aromatic nitrogens is 3. The highest BCUT2D eigenvalue weighted by atomic mass is 16.3. The monoisotopic (exact) mass is 438 g/mol. The first-order chi connectivity index (χ1) is 15.3. The lowest BCUT2D eigenvalue weighted by Gasteiger charge is -2.39. The number of nitrogens with zero attached hydrogens (tertiary/aromatic N) is 6. The second-order valence-electron chi connectivity index (χ2n) is 8.97. The van der Waals surface area contributed by atoms with Crippen LogP contribution in [-0.2, 0) is 6.61 Å². The lowest BCUT2D eigenvalue weighted by Crippen LogP contribution is -2.35. The maximum atomic E-state index is 10.4. The van der Waals surface area contributed by atoms with Crippen molar-refractivity contribution >= 4 is 11.9 Å². The average molecular weight is 439 g/mol. The first kappa shape index (κ1) is 24.2. The largest absolute Gasteiger partial charge is 0.390 e. The van der Waals surface area contributed by atoms with E-state index < -0.39 is 0 Å². The Morgan fingerprint density at radius 1 is 1.22 bits per heavy atom. The topological polar surface area (TPSA) is 60.7 Å². The van der Waals surface area contributed by atoms with Gasteiger partial charge < -0.3 is 14.9 Å². The van der Waals surface area contributed by atoms with E-state index in [4.69, 9.17) is 9.97 Å². The van der Waals surface area contributed by atoms with Crippen LogP contribution in [0, 0.1) is 6.92 Å². The fourth-order valence-electron chi connectivity index (χ4n) is 4.62. The van der Waals surface area contributed by atoms with E-state index in [0.29, 0.717) is 0 Å². The van der Waals surface area contributed by atoms with E-state index in [0.717, 1.165) is 61.1 Å². The number of rotatable bonds is 9. The van der Waals surface area contributed by atoms with Crippen LogP contribution in [0.4, 0.5) is 0 Å². The van der Waals surface area contributed by atoms with Gasteiger partial charge in [0.1, 0.15) is 11.6 Å². The van der Waals surface area contributed by atoms with Crippen LogP contribution in [-0.4, -0.2) is 75.6 Å². The van der Waals surface area contributed by atoms with E-state index >= 15 is 0 Å². The van der Waals surface area contributed by atoms with Crippen molar-refractivity contribution in [3.63, 3.8) is 0 Å². The van der Waals surface area contributed by atoms with Gasteiger partial charge in [-0.25, -0.2) is 4.98 Å². The summed E-state index contributed by atoms with van der Waals surface area (Å²) >= 11 is 0. The van der Waals surface area contributed by atoms with Gasteiger partial charge in [0, 0.05) is 26.3 Å². The molecule has 3 rings (SSSR count). The van der Waals surface area contributed by atoms with Gasteiger partial charge in [0.2, 0.25) is 0 Å². The third-order valence-electron chi connectivity index (χ3n) is 6.56. The van der Waals surface area contributed by atoms with E-state index in [9.17, 15) is 5.11 Å². The minimum absolute atomic E-state index is 0.0946. The fraction of sp³-hybridized carbons (Fsp3) is 0.520. The minimum Gasteiger partial charge on any atom is -0.390 e. The molecule has 0 spiro atoms. The Morgan fingerprint density at radius 3 is 2.50 bits per heavy atom. The van der Waals surface area contributed by atoms with Crippen LogP contribution < -0.4 is 0 Å². The normalized spacial score (nSPS) is 19.3. The highest BCUT2D eigenvalue weighted by Gasteiger charge is 2.35. The van der Waals surface area contributed by atoms with Gasteiger partial charge in [-0.3, -0.25) is 14.5 Å². The Kier molecular flexibility index (Phi) is 7.87. The maximum absolute atomic E-state index is 10.4. The highest BCUT2D eigenvalue weighted by molar-refractivity contribution is 5.53. The molecule has 2 unspecified atom stereocenters. The van der Waals surface area contributed by atoms with Crippen LogP contribution in [0.3, 0.4) is 0 Å². The molecule has 2 aromatic rings. The number of aliphatic hydroxyl groups excluding tert-OH is 1. The van der Waals surface area contributed by atoms with Crippen LogP contribution in [0.25, 0.3) is 11.9 Å². The number of imidazole rings is 1. The molecule has 0 saturated carbocycles. The molecule has 1 saturated heterocycles. The Labute approximate surface area is 192 Å². The van der Waals surface area contributed by atoms with Crippen molar-refractivity contribution in [2.24, 2.45) is 0 Å². The summed E-state index contributed by atoms with van der Waals surface area (Å²) in [5.74, 6) is 1.51. The van der Waals surface area contributed by atoms with Crippen LogP contribution in [0.15, 0.2) is 31.5 Å². The zero-order valence-corrected chi connectivity index (χ0v) is 20.3. The van der Waals surface area contributed by atoms with Crippen molar-refractivity contribution in [3.8, 4) is 0 Å². The summed E-state index contributed by atoms with van der Waals surface area (Å²) in [4.78, 5) is 16.2. The Balaban J connectivity index is 1.96. The molecule has 0 aliphatic carbocycles. The molecule has 1 aliphatic heterocycles. The molecule has 7 heteroatoms. The Morgan fingerprint density at radius 2 is 1.91 bits per heavy atom. The molecule has 174 valence electrons. The molecule has 32 heavy (non-hydrogen) atoms. The number of likely N-dealkylation sites (N-methyl/N-ethyl adjacent to an activating group) is 2. The summed E-state index contributed by atoms with van der Waals surface area (Å²) in [7, 11) is 8.28. The molecule has 7 nitrogen and oxygen atoms in total. The Hall–Kier alpha value is -2.48. The summed E-state index contributed by atoms with van der Waals surface area (Å²) in [5.41, 5.74) is 4.03. The number of pyridine rings is 1. The quantitative estimate of drug-likeness (QED) is 0.646. The van der Waals surface area contributed by atoms with E-state index in [1.165, 1.54) is 5.56 Å². The highest BCUT2D eigenvalue weighted by Crippen LogP contribution is 2.41. The zero-order valence-electron chi connectivity index (χ0n) is 20.3. The summed E-state index contributed by atoms with van der Waals surface area (Å²) in [6, 6.07) is 4.43. The van der Waals surface area contributed by atoms with E-state index in [2.05, 4.69) is 62.0 Å². The van der Waals surface area contributed by atoms with E-state index in [-0.39, 0.29) is 18.7 Å². The number of hydrogen-bond donors (Lipinski definition) is 1. The molecule has 2 atom stereocenters. The van der Waals surface area contributed by atoms with Crippen molar-refractivity contribution in [1.29, 1.82) is 0 Å². The van der Waals surface area contributed by atoms with Crippen molar-refractivity contribution in [2.45, 2.75) is 44.9 Å². The molecule has 1 aliphatic rings. The number of aryl methyl sites for hydroxylation is 1. The third kappa shape index (κ3) is 4.80. The van der Waals surface area contributed by atoms with Gasteiger partial charge in [-0.2, -0.15) is 0 Å². The van der Waals surface area contributed by atoms with Gasteiger partial charge in [0.25, 0.3) is 0 Å². The second kappa shape index (κ2) is 10.4. The zero-order chi connectivity index (χ0) is 23.4. The molecular weight excluding hydrogens is 400 g/mol. The van der Waals surface area contributed by atoms with E-state index in [1.807, 2.05) is 23.9 Å². The van der Waals surface area contributed by atoms with Gasteiger partial charge in [-0.05, 0) is 65.0 Å². The van der Waals surface area contributed by atoms with Crippen LogP contribution >= 0.6 is 0 Å². The molecular formula is C25H38N6O. The number of aliphatic hydroxyl groups is 1. The SMILES string of the molecule is C=Cc1nc(C2CCCC(c3ncccc3C)N2C)c(CO)n1C(=C)N(C)CCN(C)C. The van der Waals surface area contributed by atoms with Gasteiger partial charge in [0.05, 0.1) is 35.8 Å². The lowest BCUT2D eigenvalue weighted by molar-refractivity contribution is 0.107. The molecule has 1 fully saturated rings. The van der Waals surface area contributed by atoms with Crippen LogP contribution in [0.2, 0.25) is 0 Å². The van der Waals surface area contributed by atoms with Crippen LogP contribution in [0.5, 0.6) is 0 Å². The predicted octanol–water partition coefficient (Wildman–Crippen LogP) is 3.54. The molecule has 0 aromatic carbocycles. The second-order valence-corrected chi connectivity index (χ2v) is 8.97. The van der Waals surface area contributed by atoms with Gasteiger partial charge >= 0.3 is 0 Å². The molecule has 2 aromatic heterocycles. The van der Waals surface area contributed by atoms with Gasteiger partial charge in [-0.1, -0.05) is 19.2 Å². The first-order valence-electron chi connectivity index (χ1n) is 11.3. The standard InChI is InChI=1S/C25H38N6O/c1-8-23-27-25(22(17-32)31(23)19(3)29(6)16-15-28(4)5)21-13-9-12-20(30(21)7)24-18(2)11-10-14-26-24/h8,10-11,14,20-21,32H,1,3,9,12-13,15-17H2,2,4-7H3. The summed E-state index contributed by atoms with van der Waals surface area (Å²) in [6.07, 6.45) is 6.76. The molecule has 3 heterocycles. The molecule has 0 bridgehead atoms.